The van der Waals surface area contributed by atoms with Gasteiger partial charge in [-0.15, -0.1) is 0 Å². The molecule has 0 fully saturated rings. The molecule has 0 aliphatic heterocycles. The summed E-state index contributed by atoms with van der Waals surface area (Å²) in [5.74, 6) is 0.108. The number of aromatic nitrogens is 2. The fourth-order valence-electron chi connectivity index (χ4n) is 2.00. The maximum atomic E-state index is 12.4. The Morgan fingerprint density at radius 3 is 2.54 bits per heavy atom. The number of benzene rings is 2. The van der Waals surface area contributed by atoms with Gasteiger partial charge >= 0.3 is 0 Å². The lowest BCUT2D eigenvalue weighted by molar-refractivity contribution is 0.102. The Balaban J connectivity index is 1.78. The van der Waals surface area contributed by atoms with Crippen molar-refractivity contribution in [1.82, 2.24) is 9.97 Å². The second-order valence-corrected chi connectivity index (χ2v) is 5.70. The normalized spacial score (nSPS) is 10.2. The van der Waals surface area contributed by atoms with Crippen LogP contribution in [0.3, 0.4) is 0 Å². The number of para-hydroxylation sites is 1. The van der Waals surface area contributed by atoms with E-state index in [1.807, 2.05) is 30.3 Å². The smallest absolute Gasteiger partial charge is 0.274 e. The molecule has 2 N–H and O–H groups in total. The highest BCUT2D eigenvalue weighted by Gasteiger charge is 2.11. The molecule has 0 radical (unpaired) electrons. The third-order valence-electron chi connectivity index (χ3n) is 3.12. The lowest BCUT2D eigenvalue weighted by Crippen LogP contribution is -2.14. The number of rotatable bonds is 4. The number of nitrogens with zero attached hydrogens (tertiary/aromatic N) is 2. The van der Waals surface area contributed by atoms with Crippen LogP contribution in [0.2, 0.25) is 10.0 Å². The maximum absolute atomic E-state index is 12.4. The Morgan fingerprint density at radius 2 is 1.75 bits per heavy atom. The van der Waals surface area contributed by atoms with E-state index in [1.54, 1.807) is 24.3 Å². The molecule has 24 heavy (non-hydrogen) atoms. The summed E-state index contributed by atoms with van der Waals surface area (Å²) >= 11 is 12.0. The summed E-state index contributed by atoms with van der Waals surface area (Å²) in [6.07, 6.45) is 1.32. The predicted octanol–water partition coefficient (Wildman–Crippen LogP) is 4.78. The van der Waals surface area contributed by atoms with Crippen LogP contribution in [-0.2, 0) is 0 Å². The first-order chi connectivity index (χ1) is 11.6. The molecular weight excluding hydrogens is 347 g/mol. The van der Waals surface area contributed by atoms with Crippen molar-refractivity contribution in [3.63, 3.8) is 0 Å². The van der Waals surface area contributed by atoms with E-state index in [9.17, 15) is 4.79 Å². The molecule has 1 heterocycles. The minimum atomic E-state index is -0.405. The van der Waals surface area contributed by atoms with Crippen LogP contribution in [0.25, 0.3) is 0 Å². The molecule has 2 aromatic carbocycles. The Labute approximate surface area is 148 Å². The fraction of sp³-hybridized carbons (Fsp3) is 0. The zero-order valence-electron chi connectivity index (χ0n) is 12.3. The number of amides is 1. The lowest BCUT2D eigenvalue weighted by Gasteiger charge is -2.09. The average Bonchev–Trinajstić information content (AvgIpc) is 2.59. The van der Waals surface area contributed by atoms with Gasteiger partial charge < -0.3 is 10.6 Å². The molecule has 0 spiro atoms. The highest BCUT2D eigenvalue weighted by molar-refractivity contribution is 6.35. The molecule has 0 aliphatic carbocycles. The molecule has 0 atom stereocenters. The van der Waals surface area contributed by atoms with Gasteiger partial charge in [0.2, 0.25) is 0 Å². The second kappa shape index (κ2) is 7.29. The summed E-state index contributed by atoms with van der Waals surface area (Å²) in [6, 6.07) is 15.9. The first-order valence-corrected chi connectivity index (χ1v) is 7.78. The van der Waals surface area contributed by atoms with Crippen molar-refractivity contribution in [3.05, 3.63) is 76.7 Å². The third-order valence-corrected chi connectivity index (χ3v) is 3.69. The Bertz CT molecular complexity index is 871. The molecule has 0 saturated heterocycles. The summed E-state index contributed by atoms with van der Waals surface area (Å²) < 4.78 is 0. The molecule has 7 heteroatoms. The van der Waals surface area contributed by atoms with E-state index < -0.39 is 5.91 Å². The van der Waals surface area contributed by atoms with Crippen molar-refractivity contribution >= 4 is 46.3 Å². The quantitative estimate of drug-likeness (QED) is 0.704. The highest BCUT2D eigenvalue weighted by Crippen LogP contribution is 2.26. The summed E-state index contributed by atoms with van der Waals surface area (Å²) in [5.41, 5.74) is 1.49. The van der Waals surface area contributed by atoms with Crippen LogP contribution < -0.4 is 10.6 Å². The van der Waals surface area contributed by atoms with E-state index in [0.717, 1.165) is 5.69 Å². The van der Waals surface area contributed by atoms with Gasteiger partial charge in [-0.3, -0.25) is 4.79 Å². The monoisotopic (exact) mass is 358 g/mol. The first-order valence-electron chi connectivity index (χ1n) is 7.02. The van der Waals surface area contributed by atoms with Gasteiger partial charge in [0.1, 0.15) is 17.8 Å². The van der Waals surface area contributed by atoms with E-state index in [1.165, 1.54) is 6.33 Å². The topological polar surface area (TPSA) is 66.9 Å². The van der Waals surface area contributed by atoms with E-state index >= 15 is 0 Å². The van der Waals surface area contributed by atoms with Crippen LogP contribution in [-0.4, -0.2) is 15.9 Å². The molecule has 5 nitrogen and oxygen atoms in total. The van der Waals surface area contributed by atoms with E-state index in [2.05, 4.69) is 20.6 Å². The van der Waals surface area contributed by atoms with Gasteiger partial charge in [0.15, 0.2) is 0 Å². The lowest BCUT2D eigenvalue weighted by atomic mass is 10.3. The van der Waals surface area contributed by atoms with Crippen LogP contribution in [0.1, 0.15) is 10.5 Å². The predicted molar refractivity (Wildman–Crippen MR) is 96.2 cm³/mol. The molecule has 0 unspecified atom stereocenters. The summed E-state index contributed by atoms with van der Waals surface area (Å²) in [5, 5.41) is 6.66. The van der Waals surface area contributed by atoms with Crippen molar-refractivity contribution in [2.24, 2.45) is 0 Å². The van der Waals surface area contributed by atoms with Crippen LogP contribution in [0.4, 0.5) is 17.2 Å². The van der Waals surface area contributed by atoms with Crippen molar-refractivity contribution in [2.75, 3.05) is 10.6 Å². The minimum absolute atomic E-state index is 0.208. The van der Waals surface area contributed by atoms with Gasteiger partial charge in [-0.05, 0) is 30.3 Å². The molecule has 3 aromatic rings. The van der Waals surface area contributed by atoms with Crippen molar-refractivity contribution in [1.29, 1.82) is 0 Å². The Kier molecular flexibility index (Phi) is 4.93. The number of hydrogen-bond donors (Lipinski definition) is 2. The van der Waals surface area contributed by atoms with Gasteiger partial charge in [0, 0.05) is 16.8 Å². The van der Waals surface area contributed by atoms with Gasteiger partial charge in [-0.1, -0.05) is 41.4 Å². The highest BCUT2D eigenvalue weighted by atomic mass is 35.5. The molecular formula is C17H12Cl2N4O. The van der Waals surface area contributed by atoms with E-state index in [-0.39, 0.29) is 5.69 Å². The second-order valence-electron chi connectivity index (χ2n) is 4.86. The zero-order chi connectivity index (χ0) is 16.9. The Morgan fingerprint density at radius 1 is 0.958 bits per heavy atom. The standard InChI is InChI=1S/C17H12Cl2N4O/c18-11-6-7-13(19)14(8-11)23-17(24)15-9-16(21-10-20-15)22-12-4-2-1-3-5-12/h1-10H,(H,23,24)(H,20,21,22). The average molecular weight is 359 g/mol. The number of halogens is 2. The molecule has 3 rings (SSSR count). The number of carbonyl (C=O) groups is 1. The van der Waals surface area contributed by atoms with Crippen molar-refractivity contribution in [3.8, 4) is 0 Å². The molecule has 0 aliphatic rings. The number of hydrogen-bond acceptors (Lipinski definition) is 4. The number of carbonyl (C=O) groups excluding carboxylic acids is 1. The van der Waals surface area contributed by atoms with Crippen molar-refractivity contribution < 1.29 is 4.79 Å². The zero-order valence-corrected chi connectivity index (χ0v) is 13.8. The number of nitrogens with one attached hydrogen (secondary N) is 2. The maximum Gasteiger partial charge on any atom is 0.274 e. The van der Waals surface area contributed by atoms with E-state index in [0.29, 0.717) is 21.6 Å². The molecule has 1 amide bonds. The fourth-order valence-corrected chi connectivity index (χ4v) is 2.34. The SMILES string of the molecule is O=C(Nc1cc(Cl)ccc1Cl)c1cc(Nc2ccccc2)ncn1. The largest absolute Gasteiger partial charge is 0.340 e. The van der Waals surface area contributed by atoms with Crippen LogP contribution in [0, 0.1) is 0 Å². The number of anilines is 3. The van der Waals surface area contributed by atoms with Crippen molar-refractivity contribution in [2.45, 2.75) is 0 Å². The molecule has 0 saturated carbocycles. The van der Waals surface area contributed by atoms with Crippen LogP contribution in [0.5, 0.6) is 0 Å². The summed E-state index contributed by atoms with van der Waals surface area (Å²) in [6.45, 7) is 0. The van der Waals surface area contributed by atoms with E-state index in [4.69, 9.17) is 23.2 Å². The Hall–Kier alpha value is -2.63. The van der Waals surface area contributed by atoms with Gasteiger partial charge in [0.25, 0.3) is 5.91 Å². The molecule has 0 bridgehead atoms. The third kappa shape index (κ3) is 4.01. The van der Waals surface area contributed by atoms with Gasteiger partial charge in [-0.25, -0.2) is 9.97 Å². The summed E-state index contributed by atoms with van der Waals surface area (Å²) in [7, 11) is 0. The minimum Gasteiger partial charge on any atom is -0.340 e. The van der Waals surface area contributed by atoms with Crippen LogP contribution in [0.15, 0.2) is 60.9 Å². The first kappa shape index (κ1) is 16.2. The molecule has 1 aromatic heterocycles. The molecule has 120 valence electrons. The van der Waals surface area contributed by atoms with Gasteiger partial charge in [-0.2, -0.15) is 0 Å². The van der Waals surface area contributed by atoms with Crippen LogP contribution >= 0.6 is 23.2 Å². The van der Waals surface area contributed by atoms with Gasteiger partial charge in [0.05, 0.1) is 10.7 Å². The summed E-state index contributed by atoms with van der Waals surface area (Å²) in [4.78, 5) is 20.4.